The van der Waals surface area contributed by atoms with Gasteiger partial charge in [0.1, 0.15) is 0 Å². The molecule has 0 aromatic heterocycles. The molecule has 0 spiro atoms. The first kappa shape index (κ1) is 15.1. The molecule has 0 N–H and O–H groups in total. The van der Waals surface area contributed by atoms with Gasteiger partial charge in [0.15, 0.2) is 0 Å². The number of carbonyl (C=O) groups excluding carboxylic acids is 1. The monoisotopic (exact) mass is 273 g/mol. The van der Waals surface area contributed by atoms with Crippen LogP contribution in [0.25, 0.3) is 0 Å². The fourth-order valence-corrected chi connectivity index (χ4v) is 3.30. The van der Waals surface area contributed by atoms with Gasteiger partial charge in [-0.1, -0.05) is 62.9 Å². The lowest BCUT2D eigenvalue weighted by Crippen LogP contribution is -2.41. The maximum absolute atomic E-state index is 12.9. The molecule has 1 fully saturated rings. The molecule has 0 aliphatic heterocycles. The number of nitrogens with zero attached hydrogens (tertiary/aromatic N) is 1. The lowest BCUT2D eigenvalue weighted by molar-refractivity contribution is -0.134. The van der Waals surface area contributed by atoms with E-state index < -0.39 is 0 Å². The van der Waals surface area contributed by atoms with Crippen molar-refractivity contribution < 1.29 is 4.79 Å². The first-order valence-corrected chi connectivity index (χ1v) is 8.05. The Bertz CT molecular complexity index is 409. The Morgan fingerprint density at radius 3 is 2.45 bits per heavy atom. The summed E-state index contributed by atoms with van der Waals surface area (Å²) in [5.41, 5.74) is 1.17. The largest absolute Gasteiger partial charge is 0.342 e. The molecule has 1 saturated carbocycles. The summed E-state index contributed by atoms with van der Waals surface area (Å²) in [5, 5.41) is 0. The summed E-state index contributed by atoms with van der Waals surface area (Å²) in [6.07, 6.45) is 8.21. The highest BCUT2D eigenvalue weighted by molar-refractivity contribution is 5.83. The van der Waals surface area contributed by atoms with Gasteiger partial charge in [-0.15, -0.1) is 0 Å². The summed E-state index contributed by atoms with van der Waals surface area (Å²) in [5.74, 6) is 0.345. The van der Waals surface area contributed by atoms with E-state index in [1.165, 1.54) is 37.7 Å². The molecule has 2 heteroatoms. The number of likely N-dealkylation sites (N-methyl/N-ethyl adjacent to an activating group) is 1. The van der Waals surface area contributed by atoms with Gasteiger partial charge in [-0.3, -0.25) is 4.79 Å². The number of amides is 1. The third-order valence-electron chi connectivity index (χ3n) is 4.55. The van der Waals surface area contributed by atoms with Gasteiger partial charge in [0, 0.05) is 13.1 Å². The van der Waals surface area contributed by atoms with E-state index >= 15 is 0 Å². The van der Waals surface area contributed by atoms with Crippen molar-refractivity contribution in [1.82, 2.24) is 4.90 Å². The highest BCUT2D eigenvalue weighted by Crippen LogP contribution is 2.28. The first-order valence-electron chi connectivity index (χ1n) is 8.05. The molecule has 0 bridgehead atoms. The topological polar surface area (TPSA) is 20.3 Å². The molecule has 1 aromatic rings. The third-order valence-corrected chi connectivity index (χ3v) is 4.55. The molecule has 1 unspecified atom stereocenters. The zero-order chi connectivity index (χ0) is 14.4. The van der Waals surface area contributed by atoms with Crippen LogP contribution in [0.15, 0.2) is 30.3 Å². The van der Waals surface area contributed by atoms with E-state index in [4.69, 9.17) is 0 Å². The van der Waals surface area contributed by atoms with Crippen LogP contribution >= 0.6 is 0 Å². The fourth-order valence-electron chi connectivity index (χ4n) is 3.30. The average Bonchev–Trinajstić information content (AvgIpc) is 2.53. The van der Waals surface area contributed by atoms with Crippen LogP contribution in [0.3, 0.4) is 0 Å². The predicted octanol–water partition coefficient (Wildman–Crippen LogP) is 4.36. The van der Waals surface area contributed by atoms with Crippen molar-refractivity contribution in [3.05, 3.63) is 35.9 Å². The lowest BCUT2D eigenvalue weighted by atomic mass is 9.90. The van der Waals surface area contributed by atoms with Crippen molar-refractivity contribution in [2.45, 2.75) is 63.8 Å². The molecule has 2 rings (SSSR count). The Kier molecular flexibility index (Phi) is 5.63. The molecule has 1 atom stereocenters. The van der Waals surface area contributed by atoms with Crippen LogP contribution in [0.4, 0.5) is 0 Å². The van der Waals surface area contributed by atoms with Crippen LogP contribution in [-0.2, 0) is 4.79 Å². The Balaban J connectivity index is 2.10. The summed E-state index contributed by atoms with van der Waals surface area (Å²) in [6.45, 7) is 2.16. The molecule has 1 aromatic carbocycles. The van der Waals surface area contributed by atoms with Gasteiger partial charge in [-0.05, 0) is 24.8 Å². The van der Waals surface area contributed by atoms with E-state index in [-0.39, 0.29) is 5.92 Å². The average molecular weight is 273 g/mol. The van der Waals surface area contributed by atoms with Crippen molar-refractivity contribution in [3.8, 4) is 0 Å². The standard InChI is InChI=1S/C18H27NO/c1-3-10-17(15-11-6-4-7-12-15)18(20)19(2)16-13-8-5-9-14-16/h4,6-7,11-12,16-17H,3,5,8-10,13-14H2,1-2H3. The summed E-state index contributed by atoms with van der Waals surface area (Å²) in [6, 6.07) is 10.7. The zero-order valence-corrected chi connectivity index (χ0v) is 12.8. The molecule has 1 aliphatic rings. The molecule has 2 nitrogen and oxygen atoms in total. The molecule has 1 amide bonds. The number of rotatable bonds is 5. The summed E-state index contributed by atoms with van der Waals surface area (Å²) < 4.78 is 0. The van der Waals surface area contributed by atoms with Crippen molar-refractivity contribution >= 4 is 5.91 Å². The second-order valence-electron chi connectivity index (χ2n) is 5.99. The van der Waals surface area contributed by atoms with Crippen LogP contribution in [0.2, 0.25) is 0 Å². The highest BCUT2D eigenvalue weighted by Gasteiger charge is 2.28. The van der Waals surface area contributed by atoms with E-state index in [1.54, 1.807) is 0 Å². The number of hydrogen-bond acceptors (Lipinski definition) is 1. The van der Waals surface area contributed by atoms with E-state index in [2.05, 4.69) is 19.1 Å². The van der Waals surface area contributed by atoms with Crippen molar-refractivity contribution in [3.63, 3.8) is 0 Å². The molecule has 1 aliphatic carbocycles. The van der Waals surface area contributed by atoms with Gasteiger partial charge < -0.3 is 4.90 Å². The SMILES string of the molecule is CCCC(C(=O)N(C)C1CCCCC1)c1ccccc1. The second-order valence-corrected chi connectivity index (χ2v) is 5.99. The van der Waals surface area contributed by atoms with Gasteiger partial charge >= 0.3 is 0 Å². The van der Waals surface area contributed by atoms with Gasteiger partial charge in [-0.25, -0.2) is 0 Å². The Morgan fingerprint density at radius 2 is 1.85 bits per heavy atom. The van der Waals surface area contributed by atoms with Crippen LogP contribution < -0.4 is 0 Å². The summed E-state index contributed by atoms with van der Waals surface area (Å²) in [4.78, 5) is 14.9. The van der Waals surface area contributed by atoms with Crippen LogP contribution in [0.5, 0.6) is 0 Å². The molecular formula is C18H27NO. The maximum atomic E-state index is 12.9. The van der Waals surface area contributed by atoms with Gasteiger partial charge in [-0.2, -0.15) is 0 Å². The zero-order valence-electron chi connectivity index (χ0n) is 12.8. The quantitative estimate of drug-likeness (QED) is 0.780. The normalized spacial score (nSPS) is 17.7. The minimum Gasteiger partial charge on any atom is -0.342 e. The Morgan fingerprint density at radius 1 is 1.20 bits per heavy atom. The third kappa shape index (κ3) is 3.62. The molecule has 0 heterocycles. The van der Waals surface area contributed by atoms with Crippen molar-refractivity contribution in [2.24, 2.45) is 0 Å². The Hall–Kier alpha value is -1.31. The van der Waals surface area contributed by atoms with E-state index in [0.29, 0.717) is 11.9 Å². The van der Waals surface area contributed by atoms with E-state index in [1.807, 2.05) is 30.1 Å². The first-order chi connectivity index (χ1) is 9.74. The fraction of sp³-hybridized carbons (Fsp3) is 0.611. The molecule has 0 saturated heterocycles. The van der Waals surface area contributed by atoms with E-state index in [9.17, 15) is 4.79 Å². The van der Waals surface area contributed by atoms with Crippen LogP contribution in [-0.4, -0.2) is 23.9 Å². The Labute approximate surface area is 123 Å². The van der Waals surface area contributed by atoms with Crippen molar-refractivity contribution in [1.29, 1.82) is 0 Å². The summed E-state index contributed by atoms with van der Waals surface area (Å²) in [7, 11) is 2.00. The van der Waals surface area contributed by atoms with Gasteiger partial charge in [0.2, 0.25) is 5.91 Å². The molecule has 110 valence electrons. The number of benzene rings is 1. The van der Waals surface area contributed by atoms with Crippen molar-refractivity contribution in [2.75, 3.05) is 7.05 Å². The number of hydrogen-bond donors (Lipinski definition) is 0. The predicted molar refractivity (Wildman–Crippen MR) is 83.7 cm³/mol. The molecule has 0 radical (unpaired) electrons. The highest BCUT2D eigenvalue weighted by atomic mass is 16.2. The van der Waals surface area contributed by atoms with Gasteiger partial charge in [0.25, 0.3) is 0 Å². The molecule has 20 heavy (non-hydrogen) atoms. The lowest BCUT2D eigenvalue weighted by Gasteiger charge is -2.34. The maximum Gasteiger partial charge on any atom is 0.230 e. The second kappa shape index (κ2) is 7.47. The van der Waals surface area contributed by atoms with Crippen LogP contribution in [0.1, 0.15) is 63.4 Å². The molecular weight excluding hydrogens is 246 g/mol. The number of carbonyl (C=O) groups is 1. The van der Waals surface area contributed by atoms with Crippen LogP contribution in [0, 0.1) is 0 Å². The van der Waals surface area contributed by atoms with Gasteiger partial charge in [0.05, 0.1) is 5.92 Å². The minimum atomic E-state index is 0.0353. The van der Waals surface area contributed by atoms with E-state index in [0.717, 1.165) is 12.8 Å². The smallest absolute Gasteiger partial charge is 0.230 e. The summed E-state index contributed by atoms with van der Waals surface area (Å²) >= 11 is 0. The minimum absolute atomic E-state index is 0.0353.